The number of carbonyl (C=O) groups excluding carboxylic acids is 2. The van der Waals surface area contributed by atoms with Gasteiger partial charge in [-0.2, -0.15) is 0 Å². The van der Waals surface area contributed by atoms with Gasteiger partial charge in [-0.05, 0) is 12.8 Å². The van der Waals surface area contributed by atoms with E-state index < -0.39 is 0 Å². The summed E-state index contributed by atoms with van der Waals surface area (Å²) in [6.07, 6.45) is 12.1. The summed E-state index contributed by atoms with van der Waals surface area (Å²) in [5, 5.41) is 0. The molecule has 58 heavy (non-hydrogen) atoms. The number of carbonyl (C=O) groups is 2. The van der Waals surface area contributed by atoms with Gasteiger partial charge in [-0.25, -0.2) is 0 Å². The van der Waals surface area contributed by atoms with E-state index in [0.29, 0.717) is 171 Å². The Morgan fingerprint density at radius 3 is 0.603 bits per heavy atom. The van der Waals surface area contributed by atoms with Crippen molar-refractivity contribution in [2.45, 2.75) is 90.9 Å². The van der Waals surface area contributed by atoms with Gasteiger partial charge in [-0.1, -0.05) is 65.2 Å². The normalized spacial score (nSPS) is 11.4. The minimum absolute atomic E-state index is 0.151. The van der Waals surface area contributed by atoms with Gasteiger partial charge in [0.15, 0.2) is 0 Å². The molecule has 0 bridgehead atoms. The van der Waals surface area contributed by atoms with Crippen LogP contribution in [0.15, 0.2) is 0 Å². The van der Waals surface area contributed by atoms with E-state index in [9.17, 15) is 9.59 Å². The molecule has 0 aliphatic rings. The van der Waals surface area contributed by atoms with E-state index in [1.807, 2.05) is 0 Å². The predicted molar refractivity (Wildman–Crippen MR) is 218 cm³/mol. The molecule has 0 radical (unpaired) electrons. The lowest BCUT2D eigenvalue weighted by Crippen LogP contribution is -2.16. The van der Waals surface area contributed by atoms with Crippen LogP contribution in [0.1, 0.15) is 90.9 Å². The largest absolute Gasteiger partial charge is 0.463 e. The lowest BCUT2D eigenvalue weighted by atomic mass is 10.1. The molecule has 0 aromatic carbocycles. The maximum atomic E-state index is 11.6. The lowest BCUT2D eigenvalue weighted by molar-refractivity contribution is -0.146. The summed E-state index contributed by atoms with van der Waals surface area (Å²) in [5.74, 6) is -0.302. The molecular formula is C42H82O16. The number of esters is 2. The van der Waals surface area contributed by atoms with Crippen molar-refractivity contribution < 1.29 is 75.9 Å². The summed E-state index contributed by atoms with van der Waals surface area (Å²) >= 11 is 0. The highest BCUT2D eigenvalue weighted by Gasteiger charge is 2.04. The number of unbranched alkanes of at least 4 members (excludes halogenated alkanes) is 8. The van der Waals surface area contributed by atoms with Crippen LogP contribution in [0.3, 0.4) is 0 Å². The molecule has 0 spiro atoms. The SMILES string of the molecule is CCCCCCCC(=O)OCCOCCOCCOCCOCCOCCOCCOCCOCCOCCOCCOCCOCCOC(=O)CCCCCCC. The number of hydrogen-bond acceptors (Lipinski definition) is 16. The van der Waals surface area contributed by atoms with Crippen molar-refractivity contribution in [3.05, 3.63) is 0 Å². The Balaban J connectivity index is 3.12. The van der Waals surface area contributed by atoms with Gasteiger partial charge in [0.25, 0.3) is 0 Å². The molecule has 0 unspecified atom stereocenters. The van der Waals surface area contributed by atoms with Crippen LogP contribution in [0.25, 0.3) is 0 Å². The van der Waals surface area contributed by atoms with E-state index in [-0.39, 0.29) is 25.2 Å². The van der Waals surface area contributed by atoms with E-state index in [4.69, 9.17) is 66.3 Å². The van der Waals surface area contributed by atoms with Gasteiger partial charge in [0.05, 0.1) is 159 Å². The van der Waals surface area contributed by atoms with Gasteiger partial charge in [0.2, 0.25) is 0 Å². The summed E-state index contributed by atoms with van der Waals surface area (Å²) < 4.78 is 76.0. The van der Waals surface area contributed by atoms with E-state index in [2.05, 4.69) is 13.8 Å². The standard InChI is InChI=1S/C42H82O16/c1-3-5-7-9-11-13-41(43)57-39-37-55-35-33-53-31-29-51-27-25-49-23-21-47-19-17-45-15-16-46-18-20-48-22-24-50-26-28-52-30-32-54-34-36-56-38-40-58-42(44)14-12-10-8-6-4-2/h3-40H2,1-2H3. The van der Waals surface area contributed by atoms with Crippen LogP contribution in [0.5, 0.6) is 0 Å². The molecule has 0 saturated carbocycles. The average molecular weight is 843 g/mol. The van der Waals surface area contributed by atoms with Gasteiger partial charge >= 0.3 is 11.9 Å². The van der Waals surface area contributed by atoms with Gasteiger partial charge in [-0.3, -0.25) is 9.59 Å². The Bertz CT molecular complexity index is 745. The van der Waals surface area contributed by atoms with Crippen molar-refractivity contribution in [1.82, 2.24) is 0 Å². The first kappa shape index (κ1) is 56.5. The zero-order valence-electron chi connectivity index (χ0n) is 36.4. The average Bonchev–Trinajstić information content (AvgIpc) is 3.22. The fraction of sp³-hybridized carbons (Fsp3) is 0.952. The predicted octanol–water partition coefficient (Wildman–Crippen LogP) is 4.99. The van der Waals surface area contributed by atoms with Crippen LogP contribution in [0, 0.1) is 0 Å². The number of hydrogen-bond donors (Lipinski definition) is 0. The van der Waals surface area contributed by atoms with Crippen LogP contribution >= 0.6 is 0 Å². The van der Waals surface area contributed by atoms with Crippen molar-refractivity contribution in [1.29, 1.82) is 0 Å². The Labute approximate surface area is 350 Å². The highest BCUT2D eigenvalue weighted by molar-refractivity contribution is 5.69. The highest BCUT2D eigenvalue weighted by atomic mass is 16.6. The third kappa shape index (κ3) is 50.6. The molecule has 0 aliphatic heterocycles. The van der Waals surface area contributed by atoms with E-state index in [0.717, 1.165) is 25.7 Å². The minimum Gasteiger partial charge on any atom is -0.463 e. The molecular weight excluding hydrogens is 760 g/mol. The Morgan fingerprint density at radius 1 is 0.241 bits per heavy atom. The van der Waals surface area contributed by atoms with Gasteiger partial charge < -0.3 is 66.3 Å². The first-order valence-electron chi connectivity index (χ1n) is 21.9. The molecule has 16 nitrogen and oxygen atoms in total. The summed E-state index contributed by atoms with van der Waals surface area (Å²) in [5.41, 5.74) is 0. The fourth-order valence-corrected chi connectivity index (χ4v) is 4.84. The van der Waals surface area contributed by atoms with Crippen molar-refractivity contribution >= 4 is 11.9 Å². The second-order valence-corrected chi connectivity index (χ2v) is 13.1. The smallest absolute Gasteiger partial charge is 0.305 e. The molecule has 0 heterocycles. The highest BCUT2D eigenvalue weighted by Crippen LogP contribution is 2.06. The van der Waals surface area contributed by atoms with Gasteiger partial charge in [0.1, 0.15) is 13.2 Å². The number of rotatable bonds is 51. The molecule has 0 fully saturated rings. The van der Waals surface area contributed by atoms with Crippen molar-refractivity contribution in [3.63, 3.8) is 0 Å². The summed E-state index contributed by atoms with van der Waals surface area (Å²) in [4.78, 5) is 23.3. The van der Waals surface area contributed by atoms with E-state index in [1.54, 1.807) is 0 Å². The molecule has 16 heteroatoms. The zero-order chi connectivity index (χ0) is 41.9. The second-order valence-electron chi connectivity index (χ2n) is 13.1. The molecule has 0 aliphatic carbocycles. The third-order valence-electron chi connectivity index (χ3n) is 8.04. The van der Waals surface area contributed by atoms with Crippen LogP contribution < -0.4 is 0 Å². The Morgan fingerprint density at radius 2 is 0.414 bits per heavy atom. The lowest BCUT2D eigenvalue weighted by Gasteiger charge is -2.09. The summed E-state index contributed by atoms with van der Waals surface area (Å²) in [7, 11) is 0. The topological polar surface area (TPSA) is 163 Å². The molecule has 346 valence electrons. The van der Waals surface area contributed by atoms with Gasteiger partial charge in [0, 0.05) is 12.8 Å². The summed E-state index contributed by atoms with van der Waals surface area (Å²) in [6.45, 7) is 16.3. The van der Waals surface area contributed by atoms with E-state index >= 15 is 0 Å². The first-order valence-corrected chi connectivity index (χ1v) is 21.9. The van der Waals surface area contributed by atoms with Crippen molar-refractivity contribution in [3.8, 4) is 0 Å². The molecule has 0 saturated heterocycles. The van der Waals surface area contributed by atoms with Crippen LogP contribution in [-0.4, -0.2) is 184 Å². The maximum absolute atomic E-state index is 11.6. The van der Waals surface area contributed by atoms with E-state index in [1.165, 1.54) is 38.5 Å². The molecule has 0 rings (SSSR count). The van der Waals surface area contributed by atoms with Crippen LogP contribution in [0.4, 0.5) is 0 Å². The number of ether oxygens (including phenoxy) is 14. The van der Waals surface area contributed by atoms with Crippen LogP contribution in [0.2, 0.25) is 0 Å². The molecule has 0 aromatic rings. The zero-order valence-corrected chi connectivity index (χ0v) is 36.4. The van der Waals surface area contributed by atoms with Gasteiger partial charge in [-0.15, -0.1) is 0 Å². The molecule has 0 N–H and O–H groups in total. The fourth-order valence-electron chi connectivity index (χ4n) is 4.84. The second kappa shape index (κ2) is 51.6. The van der Waals surface area contributed by atoms with Crippen LogP contribution in [-0.2, 0) is 75.9 Å². The van der Waals surface area contributed by atoms with Crippen molar-refractivity contribution in [2.75, 3.05) is 172 Å². The maximum Gasteiger partial charge on any atom is 0.305 e. The first-order chi connectivity index (χ1) is 28.7. The molecule has 0 atom stereocenters. The minimum atomic E-state index is -0.151. The molecule has 0 aromatic heterocycles. The monoisotopic (exact) mass is 843 g/mol. The Hall–Kier alpha value is -1.54. The van der Waals surface area contributed by atoms with Crippen molar-refractivity contribution in [2.24, 2.45) is 0 Å². The molecule has 0 amide bonds. The quantitative estimate of drug-likeness (QED) is 0.0594. The third-order valence-corrected chi connectivity index (χ3v) is 8.04. The summed E-state index contributed by atoms with van der Waals surface area (Å²) in [6, 6.07) is 0. The Kier molecular flexibility index (Phi) is 50.2.